The Morgan fingerprint density at radius 3 is 2.71 bits per heavy atom. The van der Waals surface area contributed by atoms with Crippen molar-refractivity contribution in [2.75, 3.05) is 13.1 Å². The molecule has 1 N–H and O–H groups in total. The van der Waals surface area contributed by atoms with Gasteiger partial charge in [0.05, 0.1) is 11.4 Å². The molecule has 2 aromatic heterocycles. The lowest BCUT2D eigenvalue weighted by Gasteiger charge is -2.17. The van der Waals surface area contributed by atoms with Gasteiger partial charge in [-0.3, -0.25) is 4.79 Å². The molecule has 148 valence electrons. The Morgan fingerprint density at radius 1 is 1.21 bits per heavy atom. The van der Waals surface area contributed by atoms with Crippen molar-refractivity contribution in [3.63, 3.8) is 0 Å². The number of hydrogen-bond acceptors (Lipinski definition) is 4. The highest BCUT2D eigenvalue weighted by molar-refractivity contribution is 7.89. The van der Waals surface area contributed by atoms with Crippen molar-refractivity contribution in [3.05, 3.63) is 52.9 Å². The number of nitrogens with zero attached hydrogens (tertiary/aromatic N) is 2. The zero-order chi connectivity index (χ0) is 19.7. The number of benzene rings is 1. The third kappa shape index (κ3) is 3.59. The van der Waals surface area contributed by atoms with E-state index in [1.165, 1.54) is 0 Å². The summed E-state index contributed by atoms with van der Waals surface area (Å²) in [6, 6.07) is 10.6. The predicted octanol–water partition coefficient (Wildman–Crippen LogP) is 3.36. The Bertz CT molecular complexity index is 1080. The molecule has 3 aromatic rings. The highest BCUT2D eigenvalue weighted by Gasteiger charge is 2.27. The monoisotopic (exact) mass is 417 g/mol. The maximum atomic E-state index is 12.8. The summed E-state index contributed by atoms with van der Waals surface area (Å²) in [5.41, 5.74) is 0.846. The van der Waals surface area contributed by atoms with Gasteiger partial charge in [0.2, 0.25) is 15.9 Å². The second kappa shape index (κ2) is 7.69. The fourth-order valence-corrected chi connectivity index (χ4v) is 5.78. The SMILES string of the molecule is CC(C(=O)NCc1cccs1)n1ccc2cc(S(=O)(=O)N3CCCC3)ccc21. The number of fused-ring (bicyclic) bond motifs is 1. The van der Waals surface area contributed by atoms with E-state index in [2.05, 4.69) is 5.32 Å². The molecular formula is C20H23N3O3S2. The van der Waals surface area contributed by atoms with E-state index in [1.54, 1.807) is 33.8 Å². The first-order chi connectivity index (χ1) is 13.5. The molecular weight excluding hydrogens is 394 g/mol. The summed E-state index contributed by atoms with van der Waals surface area (Å²) in [6.45, 7) is 3.53. The van der Waals surface area contributed by atoms with E-state index < -0.39 is 16.1 Å². The lowest BCUT2D eigenvalue weighted by molar-refractivity contribution is -0.123. The lowest BCUT2D eigenvalue weighted by Crippen LogP contribution is -2.30. The molecule has 1 atom stereocenters. The summed E-state index contributed by atoms with van der Waals surface area (Å²) >= 11 is 1.61. The van der Waals surface area contributed by atoms with Gasteiger partial charge in [0.25, 0.3) is 0 Å². The van der Waals surface area contributed by atoms with Crippen molar-refractivity contribution in [1.29, 1.82) is 0 Å². The molecule has 28 heavy (non-hydrogen) atoms. The number of hydrogen-bond donors (Lipinski definition) is 1. The van der Waals surface area contributed by atoms with Gasteiger partial charge in [0.1, 0.15) is 6.04 Å². The van der Waals surface area contributed by atoms with Crippen LogP contribution in [0.15, 0.2) is 52.9 Å². The van der Waals surface area contributed by atoms with Crippen LogP contribution in [-0.2, 0) is 21.4 Å². The number of rotatable bonds is 6. The number of sulfonamides is 1. The van der Waals surface area contributed by atoms with Crippen LogP contribution in [0.4, 0.5) is 0 Å². The van der Waals surface area contributed by atoms with Crippen LogP contribution >= 0.6 is 11.3 Å². The molecule has 1 unspecified atom stereocenters. The van der Waals surface area contributed by atoms with Crippen LogP contribution in [0.5, 0.6) is 0 Å². The molecule has 1 aliphatic rings. The highest BCUT2D eigenvalue weighted by atomic mass is 32.2. The summed E-state index contributed by atoms with van der Waals surface area (Å²) in [5, 5.41) is 5.76. The Morgan fingerprint density at radius 2 is 2.00 bits per heavy atom. The molecule has 8 heteroatoms. The van der Waals surface area contributed by atoms with Gasteiger partial charge in [0, 0.05) is 35.1 Å². The Labute approximate surface area is 168 Å². The van der Waals surface area contributed by atoms with Gasteiger partial charge in [-0.1, -0.05) is 6.07 Å². The molecule has 0 bridgehead atoms. The quantitative estimate of drug-likeness (QED) is 0.668. The Balaban J connectivity index is 1.55. The van der Waals surface area contributed by atoms with Crippen molar-refractivity contribution < 1.29 is 13.2 Å². The minimum absolute atomic E-state index is 0.0698. The van der Waals surface area contributed by atoms with Gasteiger partial charge >= 0.3 is 0 Å². The van der Waals surface area contributed by atoms with E-state index in [0.717, 1.165) is 28.6 Å². The first kappa shape index (κ1) is 19.2. The van der Waals surface area contributed by atoms with E-state index in [1.807, 2.05) is 41.3 Å². The van der Waals surface area contributed by atoms with Crippen molar-refractivity contribution in [2.45, 2.75) is 37.2 Å². The van der Waals surface area contributed by atoms with Gasteiger partial charge in [-0.2, -0.15) is 4.31 Å². The maximum Gasteiger partial charge on any atom is 0.243 e. The molecule has 1 amide bonds. The summed E-state index contributed by atoms with van der Waals surface area (Å²) < 4.78 is 29.0. The fraction of sp³-hybridized carbons (Fsp3) is 0.350. The zero-order valence-electron chi connectivity index (χ0n) is 15.7. The Hall–Kier alpha value is -2.16. The van der Waals surface area contributed by atoms with Gasteiger partial charge in [-0.25, -0.2) is 8.42 Å². The van der Waals surface area contributed by atoms with Crippen LogP contribution < -0.4 is 5.32 Å². The smallest absolute Gasteiger partial charge is 0.243 e. The second-order valence-corrected chi connectivity index (χ2v) is 10.00. The van der Waals surface area contributed by atoms with Crippen LogP contribution in [0, 0.1) is 0 Å². The first-order valence-electron chi connectivity index (χ1n) is 9.37. The number of carbonyl (C=O) groups is 1. The van der Waals surface area contributed by atoms with E-state index in [-0.39, 0.29) is 5.91 Å². The van der Waals surface area contributed by atoms with Gasteiger partial charge in [-0.15, -0.1) is 11.3 Å². The van der Waals surface area contributed by atoms with Gasteiger partial charge < -0.3 is 9.88 Å². The van der Waals surface area contributed by atoms with Crippen molar-refractivity contribution in [1.82, 2.24) is 14.2 Å². The standard InChI is InChI=1S/C20H23N3O3S2/c1-15(20(24)21-14-17-5-4-12-27-17)23-11-8-16-13-18(6-7-19(16)23)28(25,26)22-9-2-3-10-22/h4-8,11-13,15H,2-3,9-10,14H2,1H3,(H,21,24). The number of carbonyl (C=O) groups excluding carboxylic acids is 1. The van der Waals surface area contributed by atoms with E-state index >= 15 is 0 Å². The number of amides is 1. The maximum absolute atomic E-state index is 12.8. The molecule has 4 rings (SSSR count). The molecule has 0 aliphatic carbocycles. The molecule has 1 aliphatic heterocycles. The Kier molecular flexibility index (Phi) is 5.27. The van der Waals surface area contributed by atoms with Gasteiger partial charge in [-0.05, 0) is 55.5 Å². The van der Waals surface area contributed by atoms with Crippen LogP contribution in [-0.4, -0.2) is 36.3 Å². The van der Waals surface area contributed by atoms with E-state index in [0.29, 0.717) is 24.5 Å². The summed E-state index contributed by atoms with van der Waals surface area (Å²) in [4.78, 5) is 14.0. The molecule has 6 nitrogen and oxygen atoms in total. The average molecular weight is 418 g/mol. The van der Waals surface area contributed by atoms with E-state index in [9.17, 15) is 13.2 Å². The summed E-state index contributed by atoms with van der Waals surface area (Å²) in [5.74, 6) is -0.0698. The number of nitrogens with one attached hydrogen (secondary N) is 1. The molecule has 1 saturated heterocycles. The van der Waals surface area contributed by atoms with Crippen LogP contribution in [0.1, 0.15) is 30.7 Å². The van der Waals surface area contributed by atoms with Crippen molar-refractivity contribution in [2.24, 2.45) is 0 Å². The predicted molar refractivity (Wildman–Crippen MR) is 111 cm³/mol. The topological polar surface area (TPSA) is 71.4 Å². The molecule has 3 heterocycles. The van der Waals surface area contributed by atoms with E-state index in [4.69, 9.17) is 0 Å². The first-order valence-corrected chi connectivity index (χ1v) is 11.7. The molecule has 0 radical (unpaired) electrons. The molecule has 0 spiro atoms. The minimum atomic E-state index is -3.45. The lowest BCUT2D eigenvalue weighted by atomic mass is 10.2. The fourth-order valence-electron chi connectivity index (χ4n) is 3.58. The van der Waals surface area contributed by atoms with Crippen molar-refractivity contribution in [3.8, 4) is 0 Å². The number of aromatic nitrogens is 1. The molecule has 0 saturated carbocycles. The normalized spacial score (nSPS) is 16.5. The third-order valence-electron chi connectivity index (χ3n) is 5.21. The van der Waals surface area contributed by atoms with Crippen LogP contribution in [0.2, 0.25) is 0 Å². The largest absolute Gasteiger partial charge is 0.349 e. The van der Waals surface area contributed by atoms with Gasteiger partial charge in [0.15, 0.2) is 0 Å². The number of thiophene rings is 1. The highest BCUT2D eigenvalue weighted by Crippen LogP contribution is 2.27. The van der Waals surface area contributed by atoms with Crippen molar-refractivity contribution >= 4 is 38.2 Å². The second-order valence-electron chi connectivity index (χ2n) is 7.03. The summed E-state index contributed by atoms with van der Waals surface area (Å²) in [6.07, 6.45) is 3.66. The summed E-state index contributed by atoms with van der Waals surface area (Å²) in [7, 11) is -3.45. The van der Waals surface area contributed by atoms with Crippen LogP contribution in [0.3, 0.4) is 0 Å². The zero-order valence-corrected chi connectivity index (χ0v) is 17.3. The molecule has 1 fully saturated rings. The minimum Gasteiger partial charge on any atom is -0.349 e. The molecule has 1 aromatic carbocycles. The average Bonchev–Trinajstić information content (AvgIpc) is 3.46. The third-order valence-corrected chi connectivity index (χ3v) is 7.98. The van der Waals surface area contributed by atoms with Crippen LogP contribution in [0.25, 0.3) is 10.9 Å².